The van der Waals surface area contributed by atoms with Crippen LogP contribution in [0.5, 0.6) is 5.75 Å². The van der Waals surface area contributed by atoms with Gasteiger partial charge < -0.3 is 10.5 Å². The van der Waals surface area contributed by atoms with Crippen LogP contribution in [0, 0.1) is 0 Å². The molecule has 2 nitrogen and oxygen atoms in total. The lowest BCUT2D eigenvalue weighted by Gasteiger charge is -2.15. The Morgan fingerprint density at radius 3 is 2.70 bits per heavy atom. The highest BCUT2D eigenvalue weighted by Crippen LogP contribution is 2.30. The van der Waals surface area contributed by atoms with Gasteiger partial charge in [-0.3, -0.25) is 0 Å². The molecule has 106 valence electrons. The first kappa shape index (κ1) is 15.6. The Morgan fingerprint density at radius 1 is 1.25 bits per heavy atom. The maximum Gasteiger partial charge on any atom is 0.125 e. The standard InChI is InChI=1S/C15H14BrCl2NO/c1-9(19)12-6-5-11(16)7-14(12)20-8-10-3-2-4-13(17)15(10)18/h2-7,9H,8,19H2,1H3/t9-/m0/s1. The van der Waals surface area contributed by atoms with E-state index in [0.717, 1.165) is 21.3 Å². The summed E-state index contributed by atoms with van der Waals surface area (Å²) in [6.45, 7) is 2.26. The second-order valence-corrected chi connectivity index (χ2v) is 6.17. The smallest absolute Gasteiger partial charge is 0.125 e. The van der Waals surface area contributed by atoms with Gasteiger partial charge in [-0.15, -0.1) is 0 Å². The molecule has 0 heterocycles. The molecule has 0 saturated carbocycles. The summed E-state index contributed by atoms with van der Waals surface area (Å²) in [6.07, 6.45) is 0. The molecular formula is C15H14BrCl2NO. The average Bonchev–Trinajstić information content (AvgIpc) is 2.40. The van der Waals surface area contributed by atoms with E-state index in [-0.39, 0.29) is 6.04 Å². The normalized spacial score (nSPS) is 12.2. The maximum absolute atomic E-state index is 6.15. The molecule has 20 heavy (non-hydrogen) atoms. The lowest BCUT2D eigenvalue weighted by atomic mass is 10.1. The summed E-state index contributed by atoms with van der Waals surface area (Å²) >= 11 is 15.6. The third-order valence-electron chi connectivity index (χ3n) is 2.88. The van der Waals surface area contributed by atoms with E-state index in [1.807, 2.05) is 37.3 Å². The number of hydrogen-bond donors (Lipinski definition) is 1. The second kappa shape index (κ2) is 6.81. The van der Waals surface area contributed by atoms with Gasteiger partial charge in [0.25, 0.3) is 0 Å². The molecule has 2 N–H and O–H groups in total. The van der Waals surface area contributed by atoms with Gasteiger partial charge in [0.15, 0.2) is 0 Å². The van der Waals surface area contributed by atoms with Crippen molar-refractivity contribution in [1.82, 2.24) is 0 Å². The lowest BCUT2D eigenvalue weighted by Crippen LogP contribution is -2.08. The molecule has 0 radical (unpaired) electrons. The minimum absolute atomic E-state index is 0.104. The number of nitrogens with two attached hydrogens (primary N) is 1. The summed E-state index contributed by atoms with van der Waals surface area (Å²) in [5.74, 6) is 0.741. The van der Waals surface area contributed by atoms with E-state index in [1.165, 1.54) is 0 Å². The van der Waals surface area contributed by atoms with Crippen LogP contribution in [-0.2, 0) is 6.61 Å². The SMILES string of the molecule is C[C@H](N)c1ccc(Br)cc1OCc1cccc(Cl)c1Cl. The van der Waals surface area contributed by atoms with Crippen LogP contribution >= 0.6 is 39.1 Å². The van der Waals surface area contributed by atoms with Crippen LogP contribution in [0.1, 0.15) is 24.1 Å². The Hall–Kier alpha value is -0.740. The van der Waals surface area contributed by atoms with Gasteiger partial charge in [0.05, 0.1) is 10.0 Å². The van der Waals surface area contributed by atoms with Crippen LogP contribution in [0.4, 0.5) is 0 Å². The van der Waals surface area contributed by atoms with Crippen LogP contribution in [0.25, 0.3) is 0 Å². The molecule has 0 bridgehead atoms. The Labute approximate surface area is 137 Å². The number of rotatable bonds is 4. The van der Waals surface area contributed by atoms with Gasteiger partial charge in [-0.1, -0.05) is 57.3 Å². The van der Waals surface area contributed by atoms with Crippen molar-refractivity contribution in [2.45, 2.75) is 19.6 Å². The van der Waals surface area contributed by atoms with Crippen molar-refractivity contribution in [1.29, 1.82) is 0 Å². The van der Waals surface area contributed by atoms with Gasteiger partial charge in [-0.2, -0.15) is 0 Å². The average molecular weight is 375 g/mol. The number of hydrogen-bond acceptors (Lipinski definition) is 2. The van der Waals surface area contributed by atoms with Gasteiger partial charge in [-0.25, -0.2) is 0 Å². The molecule has 0 spiro atoms. The zero-order valence-electron chi connectivity index (χ0n) is 10.9. The highest BCUT2D eigenvalue weighted by Gasteiger charge is 2.10. The van der Waals surface area contributed by atoms with Gasteiger partial charge in [0, 0.05) is 21.6 Å². The van der Waals surface area contributed by atoms with Crippen molar-refractivity contribution in [3.05, 3.63) is 62.0 Å². The van der Waals surface area contributed by atoms with E-state index >= 15 is 0 Å². The predicted molar refractivity (Wildman–Crippen MR) is 87.5 cm³/mol. The molecular weight excluding hydrogens is 361 g/mol. The predicted octanol–water partition coefficient (Wildman–Crippen LogP) is 5.35. The fourth-order valence-electron chi connectivity index (χ4n) is 1.82. The van der Waals surface area contributed by atoms with Crippen LogP contribution in [0.15, 0.2) is 40.9 Å². The summed E-state index contributed by atoms with van der Waals surface area (Å²) in [4.78, 5) is 0. The molecule has 2 aromatic rings. The zero-order chi connectivity index (χ0) is 14.7. The first-order valence-electron chi connectivity index (χ1n) is 6.09. The largest absolute Gasteiger partial charge is 0.488 e. The monoisotopic (exact) mass is 373 g/mol. The first-order chi connectivity index (χ1) is 9.49. The number of ether oxygens (including phenoxy) is 1. The molecule has 0 unspecified atom stereocenters. The van der Waals surface area contributed by atoms with E-state index in [2.05, 4.69) is 15.9 Å². The molecule has 0 amide bonds. The van der Waals surface area contributed by atoms with Crippen LogP contribution < -0.4 is 10.5 Å². The van der Waals surface area contributed by atoms with Gasteiger partial charge in [-0.05, 0) is 25.1 Å². The summed E-state index contributed by atoms with van der Waals surface area (Å²) in [7, 11) is 0. The topological polar surface area (TPSA) is 35.2 Å². The molecule has 0 saturated heterocycles. The van der Waals surface area contributed by atoms with E-state index in [0.29, 0.717) is 16.7 Å². The number of benzene rings is 2. The quantitative estimate of drug-likeness (QED) is 0.782. The molecule has 0 fully saturated rings. The number of halogens is 3. The van der Waals surface area contributed by atoms with Gasteiger partial charge in [0.1, 0.15) is 12.4 Å². The summed E-state index contributed by atoms with van der Waals surface area (Å²) < 4.78 is 6.79. The van der Waals surface area contributed by atoms with E-state index in [1.54, 1.807) is 6.07 Å². The van der Waals surface area contributed by atoms with Crippen LogP contribution in [0.2, 0.25) is 10.0 Å². The van der Waals surface area contributed by atoms with Gasteiger partial charge >= 0.3 is 0 Å². The molecule has 2 aromatic carbocycles. The molecule has 2 rings (SSSR count). The van der Waals surface area contributed by atoms with Crippen molar-refractivity contribution in [3.63, 3.8) is 0 Å². The molecule has 0 aromatic heterocycles. The second-order valence-electron chi connectivity index (χ2n) is 4.47. The van der Waals surface area contributed by atoms with Gasteiger partial charge in [0.2, 0.25) is 0 Å². The zero-order valence-corrected chi connectivity index (χ0v) is 14.0. The first-order valence-corrected chi connectivity index (χ1v) is 7.64. The summed E-state index contributed by atoms with van der Waals surface area (Å²) in [6, 6.07) is 11.2. The molecule has 0 aliphatic heterocycles. The molecule has 5 heteroatoms. The van der Waals surface area contributed by atoms with Crippen molar-refractivity contribution in [3.8, 4) is 5.75 Å². The van der Waals surface area contributed by atoms with Crippen LogP contribution in [0.3, 0.4) is 0 Å². The Morgan fingerprint density at radius 2 is 2.00 bits per heavy atom. The summed E-state index contributed by atoms with van der Waals surface area (Å²) in [5.41, 5.74) is 7.74. The Kier molecular flexibility index (Phi) is 5.33. The molecule has 0 aliphatic carbocycles. The van der Waals surface area contributed by atoms with E-state index in [4.69, 9.17) is 33.7 Å². The van der Waals surface area contributed by atoms with E-state index in [9.17, 15) is 0 Å². The minimum atomic E-state index is -0.104. The third kappa shape index (κ3) is 3.67. The summed E-state index contributed by atoms with van der Waals surface area (Å²) in [5, 5.41) is 1.04. The fourth-order valence-corrected chi connectivity index (χ4v) is 2.54. The Balaban J connectivity index is 2.22. The Bertz CT molecular complexity index is 617. The molecule has 1 atom stereocenters. The van der Waals surface area contributed by atoms with Crippen molar-refractivity contribution < 1.29 is 4.74 Å². The lowest BCUT2D eigenvalue weighted by molar-refractivity contribution is 0.301. The van der Waals surface area contributed by atoms with Crippen molar-refractivity contribution in [2.24, 2.45) is 5.73 Å². The highest BCUT2D eigenvalue weighted by atomic mass is 79.9. The third-order valence-corrected chi connectivity index (χ3v) is 4.23. The minimum Gasteiger partial charge on any atom is -0.488 e. The molecule has 0 aliphatic rings. The fraction of sp³-hybridized carbons (Fsp3) is 0.200. The van der Waals surface area contributed by atoms with Crippen LogP contribution in [-0.4, -0.2) is 0 Å². The van der Waals surface area contributed by atoms with E-state index < -0.39 is 0 Å². The van der Waals surface area contributed by atoms with Crippen molar-refractivity contribution in [2.75, 3.05) is 0 Å². The van der Waals surface area contributed by atoms with Crippen molar-refractivity contribution >= 4 is 39.1 Å². The highest BCUT2D eigenvalue weighted by molar-refractivity contribution is 9.10. The maximum atomic E-state index is 6.15.